The van der Waals surface area contributed by atoms with Crippen molar-refractivity contribution in [3.63, 3.8) is 0 Å². The van der Waals surface area contributed by atoms with E-state index in [2.05, 4.69) is 32.2 Å². The lowest BCUT2D eigenvalue weighted by Gasteiger charge is -1.82. The zero-order chi connectivity index (χ0) is 7.11. The first-order valence-electron chi connectivity index (χ1n) is 2.82. The molecule has 48 valence electrons. The van der Waals surface area contributed by atoms with Crippen LogP contribution in [-0.2, 0) is 0 Å². The molecule has 0 heteroatoms. The molecule has 0 saturated carbocycles. The molecule has 0 fully saturated rings. The summed E-state index contributed by atoms with van der Waals surface area (Å²) >= 11 is 0. The lowest BCUT2D eigenvalue weighted by molar-refractivity contribution is 1.48. The highest BCUT2D eigenvalue weighted by Crippen LogP contribution is 1.92. The van der Waals surface area contributed by atoms with E-state index in [-0.39, 0.29) is 0 Å². The second-order valence-corrected chi connectivity index (χ2v) is 1.65. The van der Waals surface area contributed by atoms with Gasteiger partial charge in [0.05, 0.1) is 0 Å². The molecule has 1 rings (SSSR count). The summed E-state index contributed by atoms with van der Waals surface area (Å²) in [5, 5.41) is 0. The summed E-state index contributed by atoms with van der Waals surface area (Å²) < 4.78 is 0. The maximum atomic E-state index is 4.25. The largest absolute Gasteiger partial charge is 0.521 e. The molecule has 0 radical (unpaired) electrons. The Labute approximate surface area is 56.8 Å². The average molecular weight is 119 g/mol. The van der Waals surface area contributed by atoms with Crippen LogP contribution in [0.2, 0.25) is 0 Å². The molecule has 0 amide bonds. The Balaban J connectivity index is 0.000000291. The molecule has 0 aliphatic rings. The van der Waals surface area contributed by atoms with Crippen molar-refractivity contribution in [1.82, 2.24) is 0 Å². The number of hydrogen-bond donors (Lipinski definition) is 0. The normalized spacial score (nSPS) is 7.22. The third-order valence-corrected chi connectivity index (χ3v) is 0.940. The number of aryl methyl sites for hydroxylation is 1. The predicted molar refractivity (Wildman–Crippen MR) is 41.1 cm³/mol. The van der Waals surface area contributed by atoms with E-state index < -0.39 is 0 Å². The first-order chi connectivity index (χ1) is 4.39. The second-order valence-electron chi connectivity index (χ2n) is 1.65. The highest BCUT2D eigenvalue weighted by Gasteiger charge is 1.72. The van der Waals surface area contributed by atoms with Crippen LogP contribution >= 0.6 is 0 Å². The minimum absolute atomic E-state index is 1.32. The number of hydrogen-bond acceptors (Lipinski definition) is 0. The maximum absolute atomic E-state index is 4.25. The zero-order valence-electron chi connectivity index (χ0n) is 5.67. The van der Waals surface area contributed by atoms with E-state index in [1.165, 1.54) is 5.56 Å². The fourth-order valence-corrected chi connectivity index (χ4v) is 0.534. The van der Waals surface area contributed by atoms with Crippen molar-refractivity contribution < 1.29 is 0 Å². The van der Waals surface area contributed by atoms with E-state index in [9.17, 15) is 0 Å². The standard InChI is InChI=1S/C7H8.C2H3/c1-7-5-3-2-4-6-7;1-2/h2-6H,1H3;1H,2H2/q;-1. The Hall–Kier alpha value is -1.04. The van der Waals surface area contributed by atoms with Crippen LogP contribution < -0.4 is 0 Å². The van der Waals surface area contributed by atoms with Crippen molar-refractivity contribution in [3.8, 4) is 0 Å². The molecule has 0 spiro atoms. The van der Waals surface area contributed by atoms with Gasteiger partial charge in [-0.2, -0.15) is 0 Å². The topological polar surface area (TPSA) is 0 Å². The summed E-state index contributed by atoms with van der Waals surface area (Å²) in [4.78, 5) is 0. The Kier molecular flexibility index (Phi) is 4.51. The molecule has 1 aromatic carbocycles. The van der Waals surface area contributed by atoms with Gasteiger partial charge in [-0.1, -0.05) is 35.9 Å². The molecule has 0 N–H and O–H groups in total. The first-order valence-corrected chi connectivity index (χ1v) is 2.82. The molecule has 0 aliphatic heterocycles. The molecular weight excluding hydrogens is 108 g/mol. The molecule has 0 saturated heterocycles. The number of benzene rings is 1. The summed E-state index contributed by atoms with van der Waals surface area (Å²) in [5.41, 5.74) is 1.32. The van der Waals surface area contributed by atoms with E-state index in [1.807, 2.05) is 18.2 Å². The molecule has 0 atom stereocenters. The van der Waals surface area contributed by atoms with Gasteiger partial charge >= 0.3 is 0 Å². The monoisotopic (exact) mass is 119 g/mol. The van der Waals surface area contributed by atoms with Crippen LogP contribution in [0.25, 0.3) is 0 Å². The highest BCUT2D eigenvalue weighted by molar-refractivity contribution is 5.11. The van der Waals surface area contributed by atoms with Crippen molar-refractivity contribution in [2.24, 2.45) is 0 Å². The van der Waals surface area contributed by atoms with Gasteiger partial charge in [-0.05, 0) is 6.92 Å². The van der Waals surface area contributed by atoms with Crippen molar-refractivity contribution >= 4 is 0 Å². The first kappa shape index (κ1) is 7.96. The van der Waals surface area contributed by atoms with Gasteiger partial charge in [0.2, 0.25) is 0 Å². The fraction of sp³-hybridized carbons (Fsp3) is 0.111. The smallest absolute Gasteiger partial charge is 0.0398 e. The Morgan fingerprint density at radius 2 is 1.56 bits per heavy atom. The summed E-state index contributed by atoms with van der Waals surface area (Å²) in [6.45, 7) is 9.08. The van der Waals surface area contributed by atoms with Gasteiger partial charge in [-0.15, -0.1) is 0 Å². The van der Waals surface area contributed by atoms with Gasteiger partial charge < -0.3 is 6.58 Å². The summed E-state index contributed by atoms with van der Waals surface area (Å²) in [6.07, 6.45) is 0. The minimum atomic E-state index is 1.32. The van der Waals surface area contributed by atoms with Crippen LogP contribution in [0.3, 0.4) is 0 Å². The van der Waals surface area contributed by atoms with Crippen LogP contribution in [0.15, 0.2) is 36.9 Å². The van der Waals surface area contributed by atoms with E-state index >= 15 is 0 Å². The van der Waals surface area contributed by atoms with E-state index in [4.69, 9.17) is 0 Å². The summed E-state index contributed by atoms with van der Waals surface area (Å²) in [6, 6.07) is 10.3. The third-order valence-electron chi connectivity index (χ3n) is 0.940. The Bertz CT molecular complexity index is 141. The van der Waals surface area contributed by atoms with Crippen LogP contribution in [-0.4, -0.2) is 0 Å². The second kappa shape index (κ2) is 5.10. The quantitative estimate of drug-likeness (QED) is 0.460. The van der Waals surface area contributed by atoms with Gasteiger partial charge in [0, 0.05) is 0 Å². The van der Waals surface area contributed by atoms with Crippen LogP contribution in [0, 0.1) is 13.5 Å². The molecule has 0 heterocycles. The van der Waals surface area contributed by atoms with E-state index in [0.717, 1.165) is 0 Å². The van der Waals surface area contributed by atoms with Crippen molar-refractivity contribution in [3.05, 3.63) is 49.1 Å². The summed E-state index contributed by atoms with van der Waals surface area (Å²) in [5.74, 6) is 0. The van der Waals surface area contributed by atoms with E-state index in [0.29, 0.717) is 0 Å². The Morgan fingerprint density at radius 1 is 1.11 bits per heavy atom. The average Bonchev–Trinajstić information content (AvgIpc) is 1.94. The van der Waals surface area contributed by atoms with Crippen LogP contribution in [0.5, 0.6) is 0 Å². The van der Waals surface area contributed by atoms with Gasteiger partial charge in [0.1, 0.15) is 0 Å². The van der Waals surface area contributed by atoms with Crippen LogP contribution in [0.4, 0.5) is 0 Å². The molecule has 0 bridgehead atoms. The zero-order valence-corrected chi connectivity index (χ0v) is 5.67. The molecule has 0 aliphatic carbocycles. The molecule has 9 heavy (non-hydrogen) atoms. The highest BCUT2D eigenvalue weighted by atomic mass is 13.8. The van der Waals surface area contributed by atoms with Gasteiger partial charge in [0.25, 0.3) is 0 Å². The molecule has 0 nitrogen and oxygen atoms in total. The predicted octanol–water partition coefficient (Wildman–Crippen LogP) is 2.60. The third kappa shape index (κ3) is 3.53. The lowest BCUT2D eigenvalue weighted by atomic mass is 10.2. The van der Waals surface area contributed by atoms with Gasteiger partial charge in [0.15, 0.2) is 0 Å². The number of rotatable bonds is 0. The van der Waals surface area contributed by atoms with Crippen molar-refractivity contribution in [2.75, 3.05) is 0 Å². The SMILES string of the molecule is Cc1ccccc1.[CH-]=C. The van der Waals surface area contributed by atoms with Gasteiger partial charge in [-0.3, -0.25) is 6.58 Å². The van der Waals surface area contributed by atoms with Gasteiger partial charge in [-0.25, -0.2) is 0 Å². The lowest BCUT2D eigenvalue weighted by Crippen LogP contribution is -1.62. The Morgan fingerprint density at radius 3 is 1.78 bits per heavy atom. The molecular formula is C9H11-. The molecule has 1 aromatic rings. The summed E-state index contributed by atoms with van der Waals surface area (Å²) in [7, 11) is 0. The molecule has 0 unspecified atom stereocenters. The molecule has 0 aromatic heterocycles. The fourth-order valence-electron chi connectivity index (χ4n) is 0.534. The van der Waals surface area contributed by atoms with Crippen molar-refractivity contribution in [1.29, 1.82) is 0 Å². The minimum Gasteiger partial charge on any atom is -0.521 e. The van der Waals surface area contributed by atoms with Crippen molar-refractivity contribution in [2.45, 2.75) is 6.92 Å². The van der Waals surface area contributed by atoms with Crippen LogP contribution in [0.1, 0.15) is 5.56 Å². The maximum Gasteiger partial charge on any atom is -0.0398 e. The van der Waals surface area contributed by atoms with E-state index in [1.54, 1.807) is 0 Å².